The van der Waals surface area contributed by atoms with Crippen LogP contribution in [0.25, 0.3) is 0 Å². The van der Waals surface area contributed by atoms with Gasteiger partial charge in [0, 0.05) is 45.5 Å². The lowest BCUT2D eigenvalue weighted by Crippen LogP contribution is -2.55. The molecule has 1 fully saturated rings. The van der Waals surface area contributed by atoms with Gasteiger partial charge >= 0.3 is 12.1 Å². The standard InChI is InChI=1S/C34H37F5N4O6/c1-17-8-9-22(41-14-17)24(16-42-10-11-43(19(3)15-42)33(46)49-34(4,5)6)47-23-12-18(2)20(13-21(23)31(44)40-7)32(45)48-30-28(38)26(36)25(35)27(37)29(30)39/h8-9,12-14,19,24H,10-11,15-16H2,1-7H3,(H,40,44)/t19-,24-/m1/s1. The Kier molecular flexibility index (Phi) is 11.2. The third kappa shape index (κ3) is 8.45. The fourth-order valence-electron chi connectivity index (χ4n) is 5.17. The van der Waals surface area contributed by atoms with Crippen molar-refractivity contribution >= 4 is 18.0 Å². The number of esters is 1. The van der Waals surface area contributed by atoms with E-state index < -0.39 is 70.1 Å². The van der Waals surface area contributed by atoms with Crippen LogP contribution in [-0.4, -0.2) is 77.6 Å². The van der Waals surface area contributed by atoms with Crippen LogP contribution in [-0.2, 0) is 4.74 Å². The number of hydrogen-bond donors (Lipinski definition) is 1. The van der Waals surface area contributed by atoms with Gasteiger partial charge in [0.05, 0.1) is 16.8 Å². The highest BCUT2D eigenvalue weighted by Gasteiger charge is 2.34. The minimum absolute atomic E-state index is 0.0115. The lowest BCUT2D eigenvalue weighted by Gasteiger charge is -2.41. The van der Waals surface area contributed by atoms with Gasteiger partial charge in [0.15, 0.2) is 6.10 Å². The molecule has 15 heteroatoms. The first kappa shape index (κ1) is 37.0. The molecular weight excluding hydrogens is 655 g/mol. The molecule has 2 amide bonds. The van der Waals surface area contributed by atoms with Crippen LogP contribution in [0.5, 0.6) is 11.5 Å². The Morgan fingerprint density at radius 3 is 2.14 bits per heavy atom. The van der Waals surface area contributed by atoms with E-state index in [0.29, 0.717) is 25.3 Å². The summed E-state index contributed by atoms with van der Waals surface area (Å²) in [4.78, 5) is 47.0. The second-order valence-electron chi connectivity index (χ2n) is 12.7. The zero-order valence-electron chi connectivity index (χ0n) is 28.1. The monoisotopic (exact) mass is 692 g/mol. The van der Waals surface area contributed by atoms with Gasteiger partial charge in [0.1, 0.15) is 11.4 Å². The fraction of sp³-hybridized carbons (Fsp3) is 0.412. The van der Waals surface area contributed by atoms with Crippen LogP contribution in [0, 0.1) is 42.9 Å². The maximum absolute atomic E-state index is 14.3. The predicted octanol–water partition coefficient (Wildman–Crippen LogP) is 6.03. The van der Waals surface area contributed by atoms with Gasteiger partial charge in [-0.15, -0.1) is 0 Å². The molecule has 264 valence electrons. The Morgan fingerprint density at radius 2 is 1.59 bits per heavy atom. The Labute approximate surface area is 280 Å². The second kappa shape index (κ2) is 14.8. The minimum Gasteiger partial charge on any atom is -0.482 e. The van der Waals surface area contributed by atoms with Crippen molar-refractivity contribution in [2.24, 2.45) is 0 Å². The summed E-state index contributed by atoms with van der Waals surface area (Å²) in [5, 5.41) is 2.43. The molecule has 0 aliphatic carbocycles. The largest absolute Gasteiger partial charge is 0.482 e. The molecule has 10 nitrogen and oxygen atoms in total. The number of nitrogens with zero attached hydrogens (tertiary/aromatic N) is 3. The van der Waals surface area contributed by atoms with Gasteiger partial charge in [-0.1, -0.05) is 6.07 Å². The third-order valence-electron chi connectivity index (χ3n) is 7.68. The molecule has 1 aliphatic heterocycles. The van der Waals surface area contributed by atoms with Crippen molar-refractivity contribution in [2.75, 3.05) is 33.2 Å². The van der Waals surface area contributed by atoms with Gasteiger partial charge in [-0.25, -0.2) is 22.8 Å². The molecule has 49 heavy (non-hydrogen) atoms. The molecule has 1 aromatic heterocycles. The van der Waals surface area contributed by atoms with E-state index in [4.69, 9.17) is 9.47 Å². The van der Waals surface area contributed by atoms with Gasteiger partial charge in [0.2, 0.25) is 34.8 Å². The summed E-state index contributed by atoms with van der Waals surface area (Å²) >= 11 is 0. The number of halogens is 5. The summed E-state index contributed by atoms with van der Waals surface area (Å²) in [5.74, 6) is -15.6. The highest BCUT2D eigenvalue weighted by atomic mass is 19.2. The van der Waals surface area contributed by atoms with Crippen molar-refractivity contribution in [1.82, 2.24) is 20.1 Å². The number of pyridine rings is 1. The second-order valence-corrected chi connectivity index (χ2v) is 12.7. The van der Waals surface area contributed by atoms with Crippen LogP contribution < -0.4 is 14.8 Å². The van der Waals surface area contributed by atoms with E-state index >= 15 is 0 Å². The lowest BCUT2D eigenvalue weighted by molar-refractivity contribution is -0.00317. The Morgan fingerprint density at radius 1 is 0.959 bits per heavy atom. The molecule has 3 aromatic rings. The molecule has 4 rings (SSSR count). The SMILES string of the molecule is CNC(=O)c1cc(C(=O)Oc2c(F)c(F)c(F)c(F)c2F)c(C)cc1O[C@H](CN1CCN(C(=O)OC(C)(C)C)[C@H](C)C1)c1ccc(C)cn1. The molecule has 1 N–H and O–H groups in total. The first-order valence-corrected chi connectivity index (χ1v) is 15.3. The van der Waals surface area contributed by atoms with Crippen molar-refractivity contribution in [3.63, 3.8) is 0 Å². The van der Waals surface area contributed by atoms with Crippen LogP contribution in [0.1, 0.15) is 71.3 Å². The number of ether oxygens (including phenoxy) is 3. The molecule has 2 aromatic carbocycles. The van der Waals surface area contributed by atoms with E-state index in [0.717, 1.165) is 11.6 Å². The first-order chi connectivity index (χ1) is 22.9. The Balaban J connectivity index is 1.64. The van der Waals surface area contributed by atoms with Crippen LogP contribution in [0.2, 0.25) is 0 Å². The lowest BCUT2D eigenvalue weighted by atomic mass is 10.0. The van der Waals surface area contributed by atoms with E-state index in [9.17, 15) is 36.3 Å². The quantitative estimate of drug-likeness (QED) is 0.100. The van der Waals surface area contributed by atoms with E-state index in [2.05, 4.69) is 19.9 Å². The van der Waals surface area contributed by atoms with E-state index in [1.807, 2.05) is 19.9 Å². The topological polar surface area (TPSA) is 110 Å². The summed E-state index contributed by atoms with van der Waals surface area (Å²) in [7, 11) is 1.32. The number of amides is 2. The van der Waals surface area contributed by atoms with E-state index in [-0.39, 0.29) is 29.5 Å². The maximum Gasteiger partial charge on any atom is 0.410 e. The molecule has 1 aliphatic rings. The number of rotatable bonds is 8. The summed E-state index contributed by atoms with van der Waals surface area (Å²) in [5.41, 5.74) is 0.278. The average Bonchev–Trinajstić information content (AvgIpc) is 3.03. The average molecular weight is 693 g/mol. The number of carbonyl (C=O) groups is 3. The molecule has 0 unspecified atom stereocenters. The number of piperazine rings is 1. The highest BCUT2D eigenvalue weighted by molar-refractivity contribution is 6.01. The van der Waals surface area contributed by atoms with Crippen LogP contribution in [0.3, 0.4) is 0 Å². The number of aryl methyl sites for hydroxylation is 2. The smallest absolute Gasteiger partial charge is 0.410 e. The van der Waals surface area contributed by atoms with Crippen molar-refractivity contribution < 1.29 is 50.5 Å². The van der Waals surface area contributed by atoms with Gasteiger partial charge in [-0.05, 0) is 70.9 Å². The normalized spacial score (nSPS) is 15.8. The number of carbonyl (C=O) groups excluding carboxylic acids is 3. The van der Waals surface area contributed by atoms with E-state index in [1.54, 1.807) is 37.9 Å². The fourth-order valence-corrected chi connectivity index (χ4v) is 5.17. The van der Waals surface area contributed by atoms with Crippen molar-refractivity contribution in [3.8, 4) is 11.5 Å². The van der Waals surface area contributed by atoms with Crippen LogP contribution in [0.4, 0.5) is 26.7 Å². The first-order valence-electron chi connectivity index (χ1n) is 15.3. The van der Waals surface area contributed by atoms with Crippen LogP contribution >= 0.6 is 0 Å². The van der Waals surface area contributed by atoms with Gasteiger partial charge in [-0.3, -0.25) is 14.7 Å². The highest BCUT2D eigenvalue weighted by Crippen LogP contribution is 2.33. The minimum atomic E-state index is -2.41. The number of aromatic nitrogens is 1. The molecular formula is C34H37F5N4O6. The predicted molar refractivity (Wildman–Crippen MR) is 167 cm³/mol. The zero-order valence-corrected chi connectivity index (χ0v) is 28.1. The number of hydrogen-bond acceptors (Lipinski definition) is 8. The summed E-state index contributed by atoms with van der Waals surface area (Å²) in [6, 6.07) is 5.76. The Hall–Kier alpha value is -4.79. The number of nitrogens with one attached hydrogen (secondary N) is 1. The van der Waals surface area contributed by atoms with Crippen molar-refractivity contribution in [3.05, 3.63) is 87.5 Å². The van der Waals surface area contributed by atoms with Crippen LogP contribution in [0.15, 0.2) is 30.5 Å². The van der Waals surface area contributed by atoms with Gasteiger partial charge in [0.25, 0.3) is 5.91 Å². The summed E-state index contributed by atoms with van der Waals surface area (Å²) in [6.07, 6.45) is 0.463. The molecule has 0 spiro atoms. The van der Waals surface area contributed by atoms with E-state index in [1.165, 1.54) is 20.0 Å². The molecule has 2 atom stereocenters. The molecule has 2 heterocycles. The van der Waals surface area contributed by atoms with Crippen molar-refractivity contribution in [1.29, 1.82) is 0 Å². The Bertz CT molecular complexity index is 1720. The number of benzene rings is 2. The van der Waals surface area contributed by atoms with Crippen molar-refractivity contribution in [2.45, 2.75) is 59.3 Å². The van der Waals surface area contributed by atoms with Gasteiger partial charge in [-0.2, -0.15) is 8.78 Å². The van der Waals surface area contributed by atoms with Gasteiger partial charge < -0.3 is 24.4 Å². The zero-order chi connectivity index (χ0) is 36.4. The summed E-state index contributed by atoms with van der Waals surface area (Å²) < 4.78 is 86.1. The molecule has 0 radical (unpaired) electrons. The maximum atomic E-state index is 14.3. The molecule has 0 saturated carbocycles. The summed E-state index contributed by atoms with van der Waals surface area (Å²) in [6.45, 7) is 12.1. The molecule has 0 bridgehead atoms. The third-order valence-corrected chi connectivity index (χ3v) is 7.68. The molecule has 1 saturated heterocycles.